The Morgan fingerprint density at radius 1 is 0.895 bits per heavy atom. The molecule has 0 amide bonds. The van der Waals surface area contributed by atoms with Crippen molar-refractivity contribution >= 4 is 39.4 Å². The van der Waals surface area contributed by atoms with Crippen LogP contribution in [0.3, 0.4) is 0 Å². The summed E-state index contributed by atoms with van der Waals surface area (Å²) >= 11 is 0. The number of nitro groups is 1. The number of benzene rings is 3. The maximum Gasteiger partial charge on any atom is 0.277 e. The molecule has 19 heavy (non-hydrogen) atoms. The van der Waals surface area contributed by atoms with E-state index in [9.17, 15) is 10.1 Å². The molecule has 3 aromatic rings. The van der Waals surface area contributed by atoms with Gasteiger partial charge in [-0.05, 0) is 34.0 Å². The van der Waals surface area contributed by atoms with Gasteiger partial charge in [-0.25, -0.2) is 0 Å². The fourth-order valence-electron chi connectivity index (χ4n) is 2.88. The van der Waals surface area contributed by atoms with Crippen molar-refractivity contribution in [3.63, 3.8) is 0 Å². The molecular weight excluding hydrogens is 238 g/mol. The van der Waals surface area contributed by atoms with Gasteiger partial charge >= 0.3 is 0 Å². The van der Waals surface area contributed by atoms with Crippen LogP contribution in [0.2, 0.25) is 0 Å². The van der Waals surface area contributed by atoms with Crippen LogP contribution in [-0.2, 0) is 0 Å². The van der Waals surface area contributed by atoms with Crippen molar-refractivity contribution in [2.45, 2.75) is 0 Å². The van der Waals surface area contributed by atoms with Crippen LogP contribution >= 0.6 is 0 Å². The summed E-state index contributed by atoms with van der Waals surface area (Å²) in [5.41, 5.74) is 2.30. The van der Waals surface area contributed by atoms with E-state index in [0.717, 1.165) is 32.7 Å². The van der Waals surface area contributed by atoms with E-state index in [1.54, 1.807) is 6.07 Å². The number of non-ortho nitro benzene ring substituents is 1. The van der Waals surface area contributed by atoms with Crippen LogP contribution in [0.1, 0.15) is 11.1 Å². The van der Waals surface area contributed by atoms with Crippen LogP contribution in [0.5, 0.6) is 0 Å². The highest BCUT2D eigenvalue weighted by atomic mass is 16.6. The third-order valence-electron chi connectivity index (χ3n) is 3.68. The maximum absolute atomic E-state index is 11.3. The van der Waals surface area contributed by atoms with E-state index in [1.807, 2.05) is 42.5 Å². The number of hydrogen-bond donors (Lipinski definition) is 0. The minimum absolute atomic E-state index is 0.181. The second kappa shape index (κ2) is 3.42. The number of nitro benzene ring substituents is 1. The Labute approximate surface area is 108 Å². The fourth-order valence-corrected chi connectivity index (χ4v) is 2.88. The van der Waals surface area contributed by atoms with Crippen LogP contribution in [-0.4, -0.2) is 4.92 Å². The van der Waals surface area contributed by atoms with E-state index in [1.165, 1.54) is 0 Å². The zero-order valence-corrected chi connectivity index (χ0v) is 9.96. The molecule has 0 saturated carbocycles. The Morgan fingerprint density at radius 3 is 2.53 bits per heavy atom. The van der Waals surface area contributed by atoms with Crippen molar-refractivity contribution in [2.24, 2.45) is 0 Å². The molecule has 0 aliphatic heterocycles. The van der Waals surface area contributed by atoms with Gasteiger partial charge in [-0.1, -0.05) is 36.4 Å². The fraction of sp³-hybridized carbons (Fsp3) is 0. The predicted molar refractivity (Wildman–Crippen MR) is 77.0 cm³/mol. The van der Waals surface area contributed by atoms with Gasteiger partial charge in [0.15, 0.2) is 0 Å². The molecule has 0 radical (unpaired) electrons. The lowest BCUT2D eigenvalue weighted by Gasteiger charge is -2.07. The Kier molecular flexibility index (Phi) is 1.85. The maximum atomic E-state index is 11.3. The van der Waals surface area contributed by atoms with E-state index in [4.69, 9.17) is 0 Å². The Hall–Kier alpha value is -2.68. The molecule has 0 bridgehead atoms. The Morgan fingerprint density at radius 2 is 1.68 bits per heavy atom. The van der Waals surface area contributed by atoms with E-state index in [0.29, 0.717) is 0 Å². The summed E-state index contributed by atoms with van der Waals surface area (Å²) in [5.74, 6) is 0. The third-order valence-corrected chi connectivity index (χ3v) is 3.68. The smallest absolute Gasteiger partial charge is 0.258 e. The lowest BCUT2D eigenvalue weighted by molar-refractivity contribution is -0.383. The molecule has 3 nitrogen and oxygen atoms in total. The first-order valence-corrected chi connectivity index (χ1v) is 6.06. The molecule has 0 unspecified atom stereocenters. The van der Waals surface area contributed by atoms with E-state index in [2.05, 4.69) is 6.07 Å². The van der Waals surface area contributed by atoms with Crippen molar-refractivity contribution in [2.75, 3.05) is 0 Å². The predicted octanol–water partition coefficient (Wildman–Crippen LogP) is 4.39. The first kappa shape index (κ1) is 10.3. The molecule has 3 aromatic carbocycles. The molecule has 90 valence electrons. The summed E-state index contributed by atoms with van der Waals surface area (Å²) in [5, 5.41) is 15.0. The van der Waals surface area contributed by atoms with Gasteiger partial charge in [0.25, 0.3) is 5.69 Å². The van der Waals surface area contributed by atoms with Gasteiger partial charge in [0.1, 0.15) is 0 Å². The lowest BCUT2D eigenvalue weighted by atomic mass is 9.96. The molecule has 0 fully saturated rings. The van der Waals surface area contributed by atoms with Crippen molar-refractivity contribution in [1.29, 1.82) is 0 Å². The first-order valence-electron chi connectivity index (χ1n) is 6.06. The highest BCUT2D eigenvalue weighted by Crippen LogP contribution is 2.40. The monoisotopic (exact) mass is 247 g/mol. The average Bonchev–Trinajstić information content (AvgIpc) is 2.83. The Bertz CT molecular complexity index is 894. The Balaban J connectivity index is 2.36. The van der Waals surface area contributed by atoms with Gasteiger partial charge in [-0.3, -0.25) is 10.1 Å². The van der Waals surface area contributed by atoms with Crippen LogP contribution in [0.25, 0.3) is 33.7 Å². The molecule has 0 atom stereocenters. The molecule has 0 N–H and O–H groups in total. The summed E-state index contributed by atoms with van der Waals surface area (Å²) in [4.78, 5) is 11.0. The lowest BCUT2D eigenvalue weighted by Crippen LogP contribution is -1.92. The third kappa shape index (κ3) is 1.27. The van der Waals surface area contributed by atoms with Crippen LogP contribution in [0, 0.1) is 10.1 Å². The summed E-state index contributed by atoms with van der Waals surface area (Å²) in [6.07, 6.45) is 4.04. The topological polar surface area (TPSA) is 43.1 Å². The summed E-state index contributed by atoms with van der Waals surface area (Å²) in [6, 6.07) is 13.3. The second-order valence-electron chi connectivity index (χ2n) is 4.70. The molecule has 0 saturated heterocycles. The number of rotatable bonds is 1. The van der Waals surface area contributed by atoms with Gasteiger partial charge in [0.2, 0.25) is 0 Å². The SMILES string of the molecule is O=[N+]([O-])c1ccc2c3c(cc4ccccc4c13)C=C2. The highest BCUT2D eigenvalue weighted by Gasteiger charge is 2.20. The molecule has 1 aliphatic rings. The largest absolute Gasteiger partial charge is 0.277 e. The molecular formula is C16H9NO2. The first-order chi connectivity index (χ1) is 9.25. The zero-order valence-electron chi connectivity index (χ0n) is 9.96. The average molecular weight is 247 g/mol. The minimum atomic E-state index is -0.298. The van der Waals surface area contributed by atoms with E-state index in [-0.39, 0.29) is 10.6 Å². The van der Waals surface area contributed by atoms with E-state index < -0.39 is 0 Å². The molecule has 0 heterocycles. The normalized spacial score (nSPS) is 12.4. The summed E-state index contributed by atoms with van der Waals surface area (Å²) in [7, 11) is 0. The minimum Gasteiger partial charge on any atom is -0.258 e. The second-order valence-corrected chi connectivity index (χ2v) is 4.70. The van der Waals surface area contributed by atoms with Gasteiger partial charge < -0.3 is 0 Å². The van der Waals surface area contributed by atoms with Crippen molar-refractivity contribution in [3.05, 3.63) is 63.7 Å². The van der Waals surface area contributed by atoms with Gasteiger partial charge in [0.05, 0.1) is 10.3 Å². The summed E-state index contributed by atoms with van der Waals surface area (Å²) in [6.45, 7) is 0. The zero-order chi connectivity index (χ0) is 13.0. The van der Waals surface area contributed by atoms with Crippen LogP contribution in [0.4, 0.5) is 5.69 Å². The highest BCUT2D eigenvalue weighted by molar-refractivity contribution is 6.19. The molecule has 0 spiro atoms. The number of fused-ring (bicyclic) bond motifs is 2. The van der Waals surface area contributed by atoms with Crippen molar-refractivity contribution < 1.29 is 4.92 Å². The van der Waals surface area contributed by atoms with Gasteiger partial charge in [-0.15, -0.1) is 0 Å². The van der Waals surface area contributed by atoms with Crippen molar-refractivity contribution in [3.8, 4) is 0 Å². The summed E-state index contributed by atoms with van der Waals surface area (Å²) < 4.78 is 0. The molecule has 1 aliphatic carbocycles. The molecule has 4 rings (SSSR count). The molecule has 3 heteroatoms. The quantitative estimate of drug-likeness (QED) is 0.284. The van der Waals surface area contributed by atoms with Crippen LogP contribution in [0.15, 0.2) is 42.5 Å². The van der Waals surface area contributed by atoms with Gasteiger partial charge in [-0.2, -0.15) is 0 Å². The van der Waals surface area contributed by atoms with Gasteiger partial charge in [0, 0.05) is 11.5 Å². The molecule has 0 aromatic heterocycles. The van der Waals surface area contributed by atoms with Crippen LogP contribution < -0.4 is 0 Å². The number of nitrogens with zero attached hydrogens (tertiary/aromatic N) is 1. The van der Waals surface area contributed by atoms with E-state index >= 15 is 0 Å². The van der Waals surface area contributed by atoms with Crippen molar-refractivity contribution in [1.82, 2.24) is 0 Å². The number of hydrogen-bond acceptors (Lipinski definition) is 2. The standard InChI is InChI=1S/C16H9NO2/c18-17(19)14-8-7-10-5-6-12-9-11-3-1-2-4-13(11)16(14)15(10)12/h1-9H.